The highest BCUT2D eigenvalue weighted by atomic mass is 16.5. The van der Waals surface area contributed by atoms with Gasteiger partial charge >= 0.3 is 11.9 Å². The van der Waals surface area contributed by atoms with Crippen LogP contribution in [0.4, 0.5) is 0 Å². The van der Waals surface area contributed by atoms with Crippen molar-refractivity contribution < 1.29 is 29.3 Å². The summed E-state index contributed by atoms with van der Waals surface area (Å²) in [5, 5.41) is 20.2. The molecule has 30 heavy (non-hydrogen) atoms. The van der Waals surface area contributed by atoms with Crippen LogP contribution in [-0.2, 0) is 9.59 Å². The monoisotopic (exact) mass is 409 g/mol. The van der Waals surface area contributed by atoms with Crippen molar-refractivity contribution in [1.82, 2.24) is 0 Å². The normalized spacial score (nSPS) is 15.5. The molecule has 0 bridgehead atoms. The third-order valence-electron chi connectivity index (χ3n) is 4.73. The van der Waals surface area contributed by atoms with Crippen LogP contribution in [0.3, 0.4) is 0 Å². The van der Waals surface area contributed by atoms with Crippen molar-refractivity contribution in [3.63, 3.8) is 0 Å². The maximum absolute atomic E-state index is 12.6. The second kappa shape index (κ2) is 8.41. The minimum absolute atomic E-state index is 0.0261. The summed E-state index contributed by atoms with van der Waals surface area (Å²) >= 11 is 0. The summed E-state index contributed by atoms with van der Waals surface area (Å²) in [7, 11) is 0. The average molecular weight is 409 g/mol. The lowest BCUT2D eigenvalue weighted by molar-refractivity contribution is -0.136. The molecule has 7 nitrogen and oxygen atoms in total. The van der Waals surface area contributed by atoms with Gasteiger partial charge in [-0.25, -0.2) is 4.79 Å². The summed E-state index contributed by atoms with van der Waals surface area (Å²) in [5.74, 6) is -2.29. The summed E-state index contributed by atoms with van der Waals surface area (Å²) < 4.78 is 10.7. The first-order valence-electron chi connectivity index (χ1n) is 9.42. The first-order valence-corrected chi connectivity index (χ1v) is 9.42. The Balaban J connectivity index is 1.71. The molecule has 1 aliphatic rings. The number of nitrogens with zero attached hydrogens (tertiary/aromatic N) is 1. The molecule has 0 saturated heterocycles. The van der Waals surface area contributed by atoms with Gasteiger partial charge in [-0.15, -0.1) is 0 Å². The molecule has 0 aliphatic carbocycles. The summed E-state index contributed by atoms with van der Waals surface area (Å²) in [6, 6.07) is 6.66. The second-order valence-electron chi connectivity index (χ2n) is 7.43. The van der Waals surface area contributed by atoms with E-state index >= 15 is 0 Å². The van der Waals surface area contributed by atoms with Crippen LogP contribution in [0.25, 0.3) is 0 Å². The fourth-order valence-corrected chi connectivity index (χ4v) is 3.21. The van der Waals surface area contributed by atoms with E-state index in [0.29, 0.717) is 11.1 Å². The van der Waals surface area contributed by atoms with Crippen molar-refractivity contribution in [2.75, 3.05) is 0 Å². The number of phenolic OH excluding ortho intramolecular Hbond substituents is 2. The van der Waals surface area contributed by atoms with E-state index in [1.54, 1.807) is 38.1 Å². The number of benzene rings is 2. The molecule has 1 heterocycles. The van der Waals surface area contributed by atoms with Gasteiger partial charge in [0.15, 0.2) is 23.0 Å². The van der Waals surface area contributed by atoms with Gasteiger partial charge in [0.2, 0.25) is 0 Å². The highest BCUT2D eigenvalue weighted by Gasteiger charge is 2.28. The molecule has 7 heteroatoms. The number of hydrogen-bond donors (Lipinski definition) is 2. The van der Waals surface area contributed by atoms with Gasteiger partial charge in [0.1, 0.15) is 0 Å². The number of ether oxygens (including phenoxy) is 2. The first-order chi connectivity index (χ1) is 14.2. The molecule has 0 amide bonds. The van der Waals surface area contributed by atoms with Crippen molar-refractivity contribution >= 4 is 18.2 Å². The molecule has 2 N–H and O–H groups in total. The molecule has 1 unspecified atom stereocenters. The number of aromatic hydroxyl groups is 2. The van der Waals surface area contributed by atoms with Gasteiger partial charge in [-0.05, 0) is 68.5 Å². The number of esters is 2. The Kier molecular flexibility index (Phi) is 5.91. The van der Waals surface area contributed by atoms with Gasteiger partial charge in [-0.2, -0.15) is 0 Å². The predicted octanol–water partition coefficient (Wildman–Crippen LogP) is 3.82. The summed E-state index contributed by atoms with van der Waals surface area (Å²) in [6.45, 7) is 7.06. The first kappa shape index (κ1) is 21.1. The number of carbonyl (C=O) groups excluding carboxylic acids is 2. The quantitative estimate of drug-likeness (QED) is 0.588. The van der Waals surface area contributed by atoms with Gasteiger partial charge in [-0.3, -0.25) is 9.79 Å². The van der Waals surface area contributed by atoms with Crippen LogP contribution in [0, 0.1) is 33.6 Å². The van der Waals surface area contributed by atoms with Crippen LogP contribution in [0.5, 0.6) is 23.0 Å². The molecule has 0 fully saturated rings. The van der Waals surface area contributed by atoms with Gasteiger partial charge < -0.3 is 19.7 Å². The summed E-state index contributed by atoms with van der Waals surface area (Å²) in [5.41, 5.74) is 3.01. The Morgan fingerprint density at radius 3 is 2.00 bits per heavy atom. The lowest BCUT2D eigenvalue weighted by Crippen LogP contribution is -2.26. The molecule has 0 aromatic heterocycles. The molecule has 2 aromatic rings. The fourth-order valence-electron chi connectivity index (χ4n) is 3.21. The van der Waals surface area contributed by atoms with Gasteiger partial charge in [0, 0.05) is 12.4 Å². The minimum atomic E-state index is -0.814. The molecule has 2 aromatic carbocycles. The van der Waals surface area contributed by atoms with Gasteiger partial charge in [-0.1, -0.05) is 12.1 Å². The van der Waals surface area contributed by atoms with Crippen molar-refractivity contribution in [2.24, 2.45) is 10.9 Å². The van der Waals surface area contributed by atoms with Gasteiger partial charge in [0.05, 0.1) is 11.5 Å². The maximum atomic E-state index is 12.6. The zero-order valence-electron chi connectivity index (χ0n) is 17.2. The lowest BCUT2D eigenvalue weighted by Gasteiger charge is -2.17. The third-order valence-corrected chi connectivity index (χ3v) is 4.73. The molecular weight excluding hydrogens is 386 g/mol. The van der Waals surface area contributed by atoms with E-state index in [9.17, 15) is 19.8 Å². The zero-order chi connectivity index (χ0) is 22.0. The molecule has 3 rings (SSSR count). The average Bonchev–Trinajstić information content (AvgIpc) is 2.69. The topological polar surface area (TPSA) is 105 Å². The van der Waals surface area contributed by atoms with Crippen molar-refractivity contribution in [2.45, 2.75) is 34.1 Å². The Hall–Kier alpha value is -3.61. The Morgan fingerprint density at radius 1 is 0.900 bits per heavy atom. The molecule has 0 radical (unpaired) electrons. The standard InChI is InChI=1S/C23H23NO6/c1-12-5-14(3)20(25)18(7-12)29-22(27)16-9-17(11-24-10-16)23(28)30-19-8-13(2)6-15(4)21(19)26/h5-8,10-11,16,25-26H,9H2,1-4H3. The number of aryl methyl sites for hydroxylation is 4. The van der Waals surface area contributed by atoms with E-state index < -0.39 is 17.9 Å². The van der Waals surface area contributed by atoms with E-state index in [4.69, 9.17) is 9.47 Å². The van der Waals surface area contributed by atoms with Crippen molar-refractivity contribution in [3.8, 4) is 23.0 Å². The molecule has 0 saturated carbocycles. The number of carbonyl (C=O) groups is 2. The Morgan fingerprint density at radius 2 is 1.43 bits per heavy atom. The zero-order valence-corrected chi connectivity index (χ0v) is 17.2. The largest absolute Gasteiger partial charge is 0.504 e. The smallest absolute Gasteiger partial charge is 0.341 e. The predicted molar refractivity (Wildman–Crippen MR) is 111 cm³/mol. The Bertz CT molecular complexity index is 1080. The van der Waals surface area contributed by atoms with Crippen LogP contribution in [0.2, 0.25) is 0 Å². The number of hydrogen-bond acceptors (Lipinski definition) is 7. The number of phenols is 2. The highest BCUT2D eigenvalue weighted by Crippen LogP contribution is 2.33. The molecular formula is C23H23NO6. The number of aliphatic imine (C=N–C) groups is 1. The Labute approximate surface area is 174 Å². The molecule has 0 spiro atoms. The van der Waals surface area contributed by atoms with Crippen LogP contribution >= 0.6 is 0 Å². The van der Waals surface area contributed by atoms with E-state index in [-0.39, 0.29) is 35.0 Å². The second-order valence-corrected chi connectivity index (χ2v) is 7.43. The van der Waals surface area contributed by atoms with E-state index in [1.165, 1.54) is 12.4 Å². The van der Waals surface area contributed by atoms with Crippen molar-refractivity contribution in [1.29, 1.82) is 0 Å². The minimum Gasteiger partial charge on any atom is -0.504 e. The molecule has 156 valence electrons. The summed E-state index contributed by atoms with van der Waals surface area (Å²) in [6.07, 6.45) is 2.73. The van der Waals surface area contributed by atoms with Crippen LogP contribution in [0.1, 0.15) is 28.7 Å². The maximum Gasteiger partial charge on any atom is 0.341 e. The summed E-state index contributed by atoms with van der Waals surface area (Å²) in [4.78, 5) is 29.1. The van der Waals surface area contributed by atoms with Crippen LogP contribution in [-0.4, -0.2) is 28.4 Å². The van der Waals surface area contributed by atoms with E-state index in [0.717, 1.165) is 11.1 Å². The fraction of sp³-hybridized carbons (Fsp3) is 0.261. The molecule has 1 aliphatic heterocycles. The molecule has 1 atom stereocenters. The van der Waals surface area contributed by atoms with Crippen LogP contribution in [0.15, 0.2) is 41.0 Å². The van der Waals surface area contributed by atoms with Crippen molar-refractivity contribution in [3.05, 3.63) is 58.3 Å². The van der Waals surface area contributed by atoms with E-state index in [2.05, 4.69) is 4.99 Å². The SMILES string of the molecule is Cc1cc(C)c(O)c(OC(=O)C2=CN=CC(C(=O)Oc3cc(C)cc(C)c3O)C2)c1. The van der Waals surface area contributed by atoms with Crippen LogP contribution < -0.4 is 9.47 Å². The van der Waals surface area contributed by atoms with E-state index in [1.807, 2.05) is 13.8 Å². The lowest BCUT2D eigenvalue weighted by atomic mass is 9.99. The van der Waals surface area contributed by atoms with Gasteiger partial charge in [0.25, 0.3) is 0 Å². The number of rotatable bonds is 4. The highest BCUT2D eigenvalue weighted by molar-refractivity contribution is 5.97. The third kappa shape index (κ3) is 4.51.